The van der Waals surface area contributed by atoms with E-state index in [1.165, 1.54) is 0 Å². The number of benzene rings is 1. The topological polar surface area (TPSA) is 83.6 Å². The van der Waals surface area contributed by atoms with Crippen LogP contribution in [0, 0.1) is 5.92 Å². The maximum atomic E-state index is 12.7. The van der Waals surface area contributed by atoms with Gasteiger partial charge in [0.05, 0.1) is 5.92 Å². The molecule has 1 amide bonds. The molecule has 1 aromatic carbocycles. The van der Waals surface area contributed by atoms with Gasteiger partial charge in [0.1, 0.15) is 0 Å². The summed E-state index contributed by atoms with van der Waals surface area (Å²) >= 11 is 5.96. The van der Waals surface area contributed by atoms with Crippen LogP contribution >= 0.6 is 11.6 Å². The molecule has 126 valence electrons. The molecule has 1 saturated carbocycles. The Kier molecular flexibility index (Phi) is 4.57. The molecule has 0 saturated heterocycles. The van der Waals surface area contributed by atoms with Crippen molar-refractivity contribution in [2.75, 3.05) is 6.54 Å². The van der Waals surface area contributed by atoms with Crippen molar-refractivity contribution >= 4 is 23.5 Å². The Bertz CT molecular complexity index is 769. The molecule has 7 heteroatoms. The van der Waals surface area contributed by atoms with Gasteiger partial charge >= 0.3 is 5.97 Å². The van der Waals surface area contributed by atoms with Crippen LogP contribution in [0.1, 0.15) is 30.3 Å². The Labute approximate surface area is 144 Å². The van der Waals surface area contributed by atoms with E-state index < -0.39 is 11.9 Å². The number of carboxylic acids is 1. The van der Waals surface area contributed by atoms with E-state index in [9.17, 15) is 9.59 Å². The van der Waals surface area contributed by atoms with Crippen LogP contribution in [0.5, 0.6) is 0 Å². The molecule has 1 aliphatic carbocycles. The number of rotatable bonds is 6. The summed E-state index contributed by atoms with van der Waals surface area (Å²) in [6, 6.07) is 8.72. The van der Waals surface area contributed by atoms with Gasteiger partial charge in [-0.1, -0.05) is 35.8 Å². The summed E-state index contributed by atoms with van der Waals surface area (Å²) in [6.45, 7) is 1.75. The zero-order valence-corrected chi connectivity index (χ0v) is 13.9. The number of aromatic nitrogens is 1. The number of halogens is 1. The molecular weight excluding hydrogens is 332 g/mol. The Morgan fingerprint density at radius 2 is 2.17 bits per heavy atom. The molecule has 3 rings (SSSR count). The first-order valence-corrected chi connectivity index (χ1v) is 8.10. The molecule has 1 heterocycles. The van der Waals surface area contributed by atoms with Crippen LogP contribution in [-0.2, 0) is 4.79 Å². The molecule has 1 fully saturated rings. The minimum absolute atomic E-state index is 0.0885. The summed E-state index contributed by atoms with van der Waals surface area (Å²) in [6.07, 6.45) is 1.77. The van der Waals surface area contributed by atoms with Gasteiger partial charge in [-0.15, -0.1) is 0 Å². The first-order chi connectivity index (χ1) is 11.5. The van der Waals surface area contributed by atoms with Crippen molar-refractivity contribution < 1.29 is 19.2 Å². The van der Waals surface area contributed by atoms with Crippen molar-refractivity contribution in [2.24, 2.45) is 5.92 Å². The Hall–Kier alpha value is -2.34. The van der Waals surface area contributed by atoms with Gasteiger partial charge in [-0.05, 0) is 25.0 Å². The molecule has 1 aliphatic rings. The summed E-state index contributed by atoms with van der Waals surface area (Å²) < 4.78 is 5.26. The lowest BCUT2D eigenvalue weighted by atomic mass is 10.1. The number of carbonyl (C=O) groups excluding carboxylic acids is 1. The van der Waals surface area contributed by atoms with Crippen LogP contribution in [0.15, 0.2) is 34.9 Å². The Balaban J connectivity index is 1.80. The lowest BCUT2D eigenvalue weighted by molar-refractivity contribution is -0.141. The smallest absolute Gasteiger partial charge is 0.308 e. The van der Waals surface area contributed by atoms with Gasteiger partial charge in [-0.3, -0.25) is 9.59 Å². The summed E-state index contributed by atoms with van der Waals surface area (Å²) in [5.74, 6) is -1.41. The van der Waals surface area contributed by atoms with Gasteiger partial charge in [-0.2, -0.15) is 0 Å². The fourth-order valence-corrected chi connectivity index (χ4v) is 2.65. The second-order valence-corrected chi connectivity index (χ2v) is 6.45. The van der Waals surface area contributed by atoms with E-state index in [2.05, 4.69) is 5.16 Å². The predicted molar refractivity (Wildman–Crippen MR) is 87.8 cm³/mol. The van der Waals surface area contributed by atoms with E-state index in [4.69, 9.17) is 21.2 Å². The third-order valence-corrected chi connectivity index (χ3v) is 4.21. The van der Waals surface area contributed by atoms with Crippen LogP contribution in [0.4, 0.5) is 0 Å². The van der Waals surface area contributed by atoms with Crippen molar-refractivity contribution in [3.05, 3.63) is 41.0 Å². The van der Waals surface area contributed by atoms with E-state index in [-0.39, 0.29) is 24.2 Å². The monoisotopic (exact) mass is 348 g/mol. The van der Waals surface area contributed by atoms with Crippen LogP contribution < -0.4 is 0 Å². The van der Waals surface area contributed by atoms with Gasteiger partial charge in [0, 0.05) is 29.2 Å². The minimum atomic E-state index is -0.923. The molecule has 1 aromatic heterocycles. The highest BCUT2D eigenvalue weighted by Crippen LogP contribution is 2.30. The van der Waals surface area contributed by atoms with Gasteiger partial charge in [0.25, 0.3) is 5.91 Å². The van der Waals surface area contributed by atoms with Crippen molar-refractivity contribution in [3.63, 3.8) is 0 Å². The summed E-state index contributed by atoms with van der Waals surface area (Å²) in [7, 11) is 0. The molecule has 1 N–H and O–H groups in total. The number of carboxylic acid groups (broad SMARTS) is 1. The molecule has 2 aromatic rings. The standard InChI is InChI=1S/C17H17ClN2O4/c1-10(17(22)23)9-20(13-5-6-13)16(21)14-8-15(24-19-14)11-3-2-4-12(18)7-11/h2-4,7-8,10,13H,5-6,9H2,1H3,(H,22,23). The lowest BCUT2D eigenvalue weighted by Gasteiger charge is -2.23. The Morgan fingerprint density at radius 3 is 2.79 bits per heavy atom. The summed E-state index contributed by atoms with van der Waals surface area (Å²) in [5, 5.41) is 13.5. The van der Waals surface area contributed by atoms with Crippen molar-refractivity contribution in [3.8, 4) is 11.3 Å². The fraction of sp³-hybridized carbons (Fsp3) is 0.353. The third kappa shape index (κ3) is 3.59. The third-order valence-electron chi connectivity index (χ3n) is 3.98. The summed E-state index contributed by atoms with van der Waals surface area (Å²) in [4.78, 5) is 25.3. The lowest BCUT2D eigenvalue weighted by Crippen LogP contribution is -2.38. The number of amides is 1. The maximum Gasteiger partial charge on any atom is 0.308 e. The second kappa shape index (κ2) is 6.65. The number of nitrogens with zero attached hydrogens (tertiary/aromatic N) is 2. The average Bonchev–Trinajstić information content (AvgIpc) is 3.27. The van der Waals surface area contributed by atoms with Crippen molar-refractivity contribution in [1.82, 2.24) is 10.1 Å². The van der Waals surface area contributed by atoms with Crippen LogP contribution in [0.3, 0.4) is 0 Å². The highest BCUT2D eigenvalue weighted by molar-refractivity contribution is 6.30. The molecule has 1 atom stereocenters. The fourth-order valence-electron chi connectivity index (χ4n) is 2.46. The van der Waals surface area contributed by atoms with E-state index >= 15 is 0 Å². The molecule has 0 aliphatic heterocycles. The Morgan fingerprint density at radius 1 is 1.42 bits per heavy atom. The molecular formula is C17H17ClN2O4. The largest absolute Gasteiger partial charge is 0.481 e. The second-order valence-electron chi connectivity index (χ2n) is 6.01. The highest BCUT2D eigenvalue weighted by Gasteiger charge is 2.36. The van der Waals surface area contributed by atoms with E-state index in [1.807, 2.05) is 6.07 Å². The SMILES string of the molecule is CC(CN(C(=O)c1cc(-c2cccc(Cl)c2)on1)C1CC1)C(=O)O. The quantitative estimate of drug-likeness (QED) is 0.865. The predicted octanol–water partition coefficient (Wildman–Crippen LogP) is 3.32. The van der Waals surface area contributed by atoms with Crippen LogP contribution in [-0.4, -0.2) is 39.6 Å². The van der Waals surface area contributed by atoms with E-state index in [1.54, 1.807) is 36.1 Å². The zero-order valence-electron chi connectivity index (χ0n) is 13.1. The molecule has 0 spiro atoms. The number of hydrogen-bond donors (Lipinski definition) is 1. The molecule has 24 heavy (non-hydrogen) atoms. The van der Waals surface area contributed by atoms with E-state index in [0.717, 1.165) is 18.4 Å². The number of aliphatic carboxylic acids is 1. The molecule has 1 unspecified atom stereocenters. The van der Waals surface area contributed by atoms with Gasteiger partial charge in [-0.25, -0.2) is 0 Å². The van der Waals surface area contributed by atoms with Crippen molar-refractivity contribution in [1.29, 1.82) is 0 Å². The van der Waals surface area contributed by atoms with Gasteiger partial charge in [0.15, 0.2) is 11.5 Å². The van der Waals surface area contributed by atoms with E-state index in [0.29, 0.717) is 10.8 Å². The van der Waals surface area contributed by atoms with Crippen LogP contribution in [0.25, 0.3) is 11.3 Å². The van der Waals surface area contributed by atoms with Gasteiger partial charge in [0.2, 0.25) is 0 Å². The van der Waals surface area contributed by atoms with Gasteiger partial charge < -0.3 is 14.5 Å². The zero-order chi connectivity index (χ0) is 17.3. The number of carbonyl (C=O) groups is 2. The molecule has 6 nitrogen and oxygen atoms in total. The highest BCUT2D eigenvalue weighted by atomic mass is 35.5. The van der Waals surface area contributed by atoms with Crippen LogP contribution in [0.2, 0.25) is 5.02 Å². The number of hydrogen-bond acceptors (Lipinski definition) is 4. The molecule has 0 radical (unpaired) electrons. The average molecular weight is 349 g/mol. The first-order valence-electron chi connectivity index (χ1n) is 7.72. The summed E-state index contributed by atoms with van der Waals surface area (Å²) in [5.41, 5.74) is 0.903. The first kappa shape index (κ1) is 16.5. The van der Waals surface area contributed by atoms with Crippen molar-refractivity contribution in [2.45, 2.75) is 25.8 Å². The molecule has 0 bridgehead atoms. The minimum Gasteiger partial charge on any atom is -0.481 e. The normalized spacial score (nSPS) is 15.1. The maximum absolute atomic E-state index is 12.7.